The molecule has 4 rings (SSSR count). The quantitative estimate of drug-likeness (QED) is 0.662. The molecule has 0 saturated carbocycles. The van der Waals surface area contributed by atoms with Crippen molar-refractivity contribution < 1.29 is 12.9 Å². The normalized spacial score (nSPS) is 15.0. The lowest BCUT2D eigenvalue weighted by molar-refractivity contribution is 0.385. The Labute approximate surface area is 157 Å². The topological polar surface area (TPSA) is 94.1 Å². The van der Waals surface area contributed by atoms with E-state index in [4.69, 9.17) is 4.52 Å². The van der Waals surface area contributed by atoms with E-state index < -0.39 is 10.0 Å². The first-order valence-electron chi connectivity index (χ1n) is 8.87. The standard InChI is InChI=1S/C18H21N5O3S/c1-3-27(24,25)23-10-9-15-14(12-23)17(20-22(15)2)18-19-16(21-26-18)11-13-7-5-4-6-8-13/h4-8H,3,9-12H2,1-2H3. The summed E-state index contributed by atoms with van der Waals surface area (Å²) in [6.07, 6.45) is 1.18. The molecule has 0 aliphatic carbocycles. The molecule has 9 heteroatoms. The number of aromatic nitrogens is 4. The van der Waals surface area contributed by atoms with E-state index in [9.17, 15) is 8.42 Å². The van der Waals surface area contributed by atoms with Crippen molar-refractivity contribution in [3.05, 3.63) is 53.0 Å². The summed E-state index contributed by atoms with van der Waals surface area (Å²) >= 11 is 0. The molecular formula is C18H21N5O3S. The summed E-state index contributed by atoms with van der Waals surface area (Å²) in [5.41, 5.74) is 3.51. The second-order valence-corrected chi connectivity index (χ2v) is 8.82. The largest absolute Gasteiger partial charge is 0.332 e. The maximum Gasteiger partial charge on any atom is 0.278 e. The van der Waals surface area contributed by atoms with Crippen molar-refractivity contribution in [3.8, 4) is 11.6 Å². The van der Waals surface area contributed by atoms with Gasteiger partial charge in [0.05, 0.1) is 5.75 Å². The number of hydrogen-bond acceptors (Lipinski definition) is 6. The van der Waals surface area contributed by atoms with Crippen LogP contribution in [0.2, 0.25) is 0 Å². The molecule has 0 unspecified atom stereocenters. The summed E-state index contributed by atoms with van der Waals surface area (Å²) in [6.45, 7) is 2.40. The Morgan fingerprint density at radius 2 is 2.00 bits per heavy atom. The minimum absolute atomic E-state index is 0.0830. The lowest BCUT2D eigenvalue weighted by Gasteiger charge is -2.26. The van der Waals surface area contributed by atoms with Crippen molar-refractivity contribution in [1.29, 1.82) is 0 Å². The first-order chi connectivity index (χ1) is 13.0. The lowest BCUT2D eigenvalue weighted by Crippen LogP contribution is -2.37. The molecule has 0 fully saturated rings. The fourth-order valence-corrected chi connectivity index (χ4v) is 4.42. The van der Waals surface area contributed by atoms with E-state index in [1.807, 2.05) is 37.4 Å². The average molecular weight is 387 g/mol. The first kappa shape index (κ1) is 17.9. The van der Waals surface area contributed by atoms with Crippen LogP contribution in [0.3, 0.4) is 0 Å². The highest BCUT2D eigenvalue weighted by Gasteiger charge is 2.31. The predicted octanol–water partition coefficient (Wildman–Crippen LogP) is 1.77. The maximum atomic E-state index is 12.3. The molecule has 2 aromatic heterocycles. The summed E-state index contributed by atoms with van der Waals surface area (Å²) < 4.78 is 33.3. The van der Waals surface area contributed by atoms with Crippen molar-refractivity contribution in [2.45, 2.75) is 26.3 Å². The molecule has 0 radical (unpaired) electrons. The number of benzene rings is 1. The van der Waals surface area contributed by atoms with Gasteiger partial charge in [0.15, 0.2) is 11.5 Å². The summed E-state index contributed by atoms with van der Waals surface area (Å²) in [6, 6.07) is 9.90. The Morgan fingerprint density at radius 3 is 2.74 bits per heavy atom. The number of aryl methyl sites for hydroxylation is 1. The van der Waals surface area contributed by atoms with Crippen LogP contribution in [0.4, 0.5) is 0 Å². The molecule has 0 bridgehead atoms. The van der Waals surface area contributed by atoms with Gasteiger partial charge in [-0.25, -0.2) is 8.42 Å². The Balaban J connectivity index is 1.64. The minimum atomic E-state index is -3.26. The van der Waals surface area contributed by atoms with E-state index >= 15 is 0 Å². The molecule has 142 valence electrons. The molecule has 0 spiro atoms. The number of rotatable bonds is 5. The number of sulfonamides is 1. The SMILES string of the molecule is CCS(=O)(=O)N1CCc2c(c(-c3nc(Cc4ccccc4)no3)nn2C)C1. The van der Waals surface area contributed by atoms with E-state index in [0.717, 1.165) is 16.8 Å². The summed E-state index contributed by atoms with van der Waals surface area (Å²) in [5, 5.41) is 8.59. The third-order valence-corrected chi connectivity index (χ3v) is 6.67. The number of fused-ring (bicyclic) bond motifs is 1. The van der Waals surface area contributed by atoms with Gasteiger partial charge in [0, 0.05) is 44.2 Å². The van der Waals surface area contributed by atoms with Crippen LogP contribution in [-0.2, 0) is 36.5 Å². The molecular weight excluding hydrogens is 366 g/mol. The van der Waals surface area contributed by atoms with Gasteiger partial charge < -0.3 is 4.52 Å². The van der Waals surface area contributed by atoms with E-state index in [1.165, 1.54) is 4.31 Å². The summed E-state index contributed by atoms with van der Waals surface area (Å²) in [7, 11) is -1.40. The number of nitrogens with zero attached hydrogens (tertiary/aromatic N) is 5. The van der Waals surface area contributed by atoms with Crippen molar-refractivity contribution in [3.63, 3.8) is 0 Å². The van der Waals surface area contributed by atoms with Crippen molar-refractivity contribution in [2.24, 2.45) is 7.05 Å². The summed E-state index contributed by atoms with van der Waals surface area (Å²) in [5.74, 6) is 0.984. The zero-order chi connectivity index (χ0) is 19.0. The van der Waals surface area contributed by atoms with Crippen LogP contribution in [0.15, 0.2) is 34.9 Å². The van der Waals surface area contributed by atoms with Gasteiger partial charge in [-0.1, -0.05) is 35.5 Å². The molecule has 0 atom stereocenters. The lowest BCUT2D eigenvalue weighted by atomic mass is 10.1. The minimum Gasteiger partial charge on any atom is -0.332 e. The van der Waals surface area contributed by atoms with Crippen LogP contribution < -0.4 is 0 Å². The Morgan fingerprint density at radius 1 is 1.22 bits per heavy atom. The molecule has 0 saturated heterocycles. The van der Waals surface area contributed by atoms with Gasteiger partial charge >= 0.3 is 0 Å². The molecule has 8 nitrogen and oxygen atoms in total. The molecule has 0 amide bonds. The maximum absolute atomic E-state index is 12.3. The first-order valence-corrected chi connectivity index (χ1v) is 10.5. The molecule has 3 aromatic rings. The Hall–Kier alpha value is -2.52. The van der Waals surface area contributed by atoms with Crippen molar-refractivity contribution >= 4 is 10.0 Å². The van der Waals surface area contributed by atoms with Crippen molar-refractivity contribution in [2.75, 3.05) is 12.3 Å². The smallest absolute Gasteiger partial charge is 0.278 e. The average Bonchev–Trinajstić information content (AvgIpc) is 3.27. The highest BCUT2D eigenvalue weighted by Crippen LogP contribution is 2.30. The zero-order valence-corrected chi connectivity index (χ0v) is 16.1. The predicted molar refractivity (Wildman–Crippen MR) is 99.3 cm³/mol. The fraction of sp³-hybridized carbons (Fsp3) is 0.389. The molecule has 27 heavy (non-hydrogen) atoms. The van der Waals surface area contributed by atoms with Gasteiger partial charge in [-0.05, 0) is 12.5 Å². The van der Waals surface area contributed by atoms with Crippen LogP contribution in [0.5, 0.6) is 0 Å². The van der Waals surface area contributed by atoms with Gasteiger partial charge in [0.2, 0.25) is 10.0 Å². The van der Waals surface area contributed by atoms with Crippen LogP contribution in [0.25, 0.3) is 11.6 Å². The third-order valence-electron chi connectivity index (χ3n) is 4.84. The van der Waals surface area contributed by atoms with E-state index in [1.54, 1.807) is 11.6 Å². The van der Waals surface area contributed by atoms with Gasteiger partial charge in [-0.2, -0.15) is 14.4 Å². The molecule has 3 heterocycles. The third kappa shape index (κ3) is 3.40. The summed E-state index contributed by atoms with van der Waals surface area (Å²) in [4.78, 5) is 4.48. The second kappa shape index (κ2) is 6.90. The highest BCUT2D eigenvalue weighted by atomic mass is 32.2. The molecule has 0 N–H and O–H groups in total. The monoisotopic (exact) mass is 387 g/mol. The van der Waals surface area contributed by atoms with E-state index in [0.29, 0.717) is 36.8 Å². The highest BCUT2D eigenvalue weighted by molar-refractivity contribution is 7.89. The second-order valence-electron chi connectivity index (χ2n) is 6.56. The number of hydrogen-bond donors (Lipinski definition) is 0. The van der Waals surface area contributed by atoms with Gasteiger partial charge in [-0.15, -0.1) is 0 Å². The van der Waals surface area contributed by atoms with Gasteiger partial charge in [0.25, 0.3) is 5.89 Å². The van der Waals surface area contributed by atoms with Crippen LogP contribution >= 0.6 is 0 Å². The fourth-order valence-electron chi connectivity index (χ4n) is 3.36. The van der Waals surface area contributed by atoms with Crippen LogP contribution in [0, 0.1) is 0 Å². The van der Waals surface area contributed by atoms with Gasteiger partial charge in [0.1, 0.15) is 0 Å². The van der Waals surface area contributed by atoms with Gasteiger partial charge in [-0.3, -0.25) is 4.68 Å². The van der Waals surface area contributed by atoms with Crippen molar-refractivity contribution in [1.82, 2.24) is 24.2 Å². The van der Waals surface area contributed by atoms with Crippen LogP contribution in [-0.4, -0.2) is 44.9 Å². The van der Waals surface area contributed by atoms with E-state index in [2.05, 4.69) is 15.2 Å². The zero-order valence-electron chi connectivity index (χ0n) is 15.3. The Bertz CT molecular complexity index is 1060. The molecule has 1 aliphatic rings. The molecule has 1 aromatic carbocycles. The van der Waals surface area contributed by atoms with E-state index in [-0.39, 0.29) is 12.3 Å². The van der Waals surface area contributed by atoms with Crippen LogP contribution in [0.1, 0.15) is 29.6 Å². The molecule has 1 aliphatic heterocycles. The Kier molecular flexibility index (Phi) is 4.56.